The van der Waals surface area contributed by atoms with E-state index in [1.54, 1.807) is 0 Å². The first-order valence-electron chi connectivity index (χ1n) is 4.19. The van der Waals surface area contributed by atoms with E-state index in [2.05, 4.69) is 0 Å². The number of nitrogens with zero attached hydrogens (tertiary/aromatic N) is 1. The highest BCUT2D eigenvalue weighted by atomic mass is 16.4. The van der Waals surface area contributed by atoms with Crippen molar-refractivity contribution in [2.45, 2.75) is 12.8 Å². The average Bonchev–Trinajstić information content (AvgIpc) is 2.53. The summed E-state index contributed by atoms with van der Waals surface area (Å²) in [5, 5.41) is 8.67. The van der Waals surface area contributed by atoms with Crippen LogP contribution in [-0.4, -0.2) is 35.0 Å². The minimum atomic E-state index is -0.891. The molecule has 1 saturated heterocycles. The minimum Gasteiger partial charge on any atom is -0.465 e. The number of carboxylic acid groups (broad SMARTS) is 1. The highest BCUT2D eigenvalue weighted by molar-refractivity contribution is 5.85. The molecule has 66 valence electrons. The number of hydrogen-bond donors (Lipinski definition) is 1. The SMILES string of the molecule is O=C1CC[C@H]2CN(C(=O)O)C[C@@H]12. The number of ketones is 1. The van der Waals surface area contributed by atoms with Crippen LogP contribution in [0.1, 0.15) is 12.8 Å². The summed E-state index contributed by atoms with van der Waals surface area (Å²) in [5.74, 6) is 0.582. The van der Waals surface area contributed by atoms with E-state index in [-0.39, 0.29) is 11.7 Å². The first-order valence-corrected chi connectivity index (χ1v) is 4.19. The fourth-order valence-electron chi connectivity index (χ4n) is 2.20. The van der Waals surface area contributed by atoms with Crippen LogP contribution in [0.15, 0.2) is 0 Å². The Morgan fingerprint density at radius 3 is 2.83 bits per heavy atom. The Balaban J connectivity index is 2.07. The van der Waals surface area contributed by atoms with E-state index >= 15 is 0 Å². The highest BCUT2D eigenvalue weighted by Crippen LogP contribution is 2.35. The summed E-state index contributed by atoms with van der Waals surface area (Å²) >= 11 is 0. The van der Waals surface area contributed by atoms with Gasteiger partial charge in [0.2, 0.25) is 0 Å². The number of carbonyl (C=O) groups is 2. The molecule has 1 N–H and O–H groups in total. The number of carbonyl (C=O) groups excluding carboxylic acids is 1. The lowest BCUT2D eigenvalue weighted by molar-refractivity contribution is -0.120. The standard InChI is InChI=1S/C8H11NO3/c10-7-2-1-5-3-9(8(11)12)4-6(5)7/h5-6H,1-4H2,(H,11,12)/t5-,6+/m0/s1. The maximum atomic E-state index is 11.2. The van der Waals surface area contributed by atoms with Gasteiger partial charge in [-0.1, -0.05) is 0 Å². The van der Waals surface area contributed by atoms with Gasteiger partial charge in [-0.25, -0.2) is 4.79 Å². The predicted octanol–water partition coefficient (Wildman–Crippen LogP) is 0.575. The van der Waals surface area contributed by atoms with Crippen molar-refractivity contribution >= 4 is 11.9 Å². The van der Waals surface area contributed by atoms with E-state index in [9.17, 15) is 9.59 Å². The van der Waals surface area contributed by atoms with Gasteiger partial charge in [-0.05, 0) is 12.3 Å². The molecular formula is C8H11NO3. The summed E-state index contributed by atoms with van der Waals surface area (Å²) in [6.07, 6.45) is 0.646. The molecule has 1 amide bonds. The highest BCUT2D eigenvalue weighted by Gasteiger charge is 2.43. The molecule has 1 saturated carbocycles. The average molecular weight is 169 g/mol. The van der Waals surface area contributed by atoms with Gasteiger partial charge in [0.1, 0.15) is 5.78 Å². The van der Waals surface area contributed by atoms with E-state index in [1.165, 1.54) is 4.90 Å². The van der Waals surface area contributed by atoms with Crippen molar-refractivity contribution in [1.29, 1.82) is 0 Å². The summed E-state index contributed by atoms with van der Waals surface area (Å²) < 4.78 is 0. The molecule has 2 aliphatic rings. The lowest BCUT2D eigenvalue weighted by atomic mass is 10.0. The van der Waals surface area contributed by atoms with Crippen molar-refractivity contribution in [3.63, 3.8) is 0 Å². The fourth-order valence-corrected chi connectivity index (χ4v) is 2.20. The molecule has 4 nitrogen and oxygen atoms in total. The molecule has 0 bridgehead atoms. The van der Waals surface area contributed by atoms with Crippen LogP contribution in [0.5, 0.6) is 0 Å². The zero-order valence-electron chi connectivity index (χ0n) is 6.69. The Morgan fingerprint density at radius 2 is 2.25 bits per heavy atom. The number of amides is 1. The van der Waals surface area contributed by atoms with Crippen molar-refractivity contribution in [2.75, 3.05) is 13.1 Å². The fraction of sp³-hybridized carbons (Fsp3) is 0.750. The monoisotopic (exact) mass is 169 g/mol. The van der Waals surface area contributed by atoms with Crippen LogP contribution in [0.4, 0.5) is 4.79 Å². The number of hydrogen-bond acceptors (Lipinski definition) is 2. The summed E-state index contributed by atoms with van der Waals surface area (Å²) in [5.41, 5.74) is 0. The van der Waals surface area contributed by atoms with E-state index in [1.807, 2.05) is 0 Å². The Hall–Kier alpha value is -1.06. The smallest absolute Gasteiger partial charge is 0.407 e. The molecule has 12 heavy (non-hydrogen) atoms. The van der Waals surface area contributed by atoms with Crippen LogP contribution >= 0.6 is 0 Å². The summed E-state index contributed by atoms with van der Waals surface area (Å²) in [6.45, 7) is 0.991. The number of fused-ring (bicyclic) bond motifs is 1. The van der Waals surface area contributed by atoms with Gasteiger partial charge in [0.15, 0.2) is 0 Å². The second kappa shape index (κ2) is 2.47. The van der Waals surface area contributed by atoms with Crippen molar-refractivity contribution in [3.8, 4) is 0 Å². The van der Waals surface area contributed by atoms with Crippen molar-refractivity contribution in [3.05, 3.63) is 0 Å². The maximum absolute atomic E-state index is 11.2. The molecule has 0 aromatic carbocycles. The maximum Gasteiger partial charge on any atom is 0.407 e. The van der Waals surface area contributed by atoms with Gasteiger partial charge in [0.25, 0.3) is 0 Å². The summed E-state index contributed by atoms with van der Waals surface area (Å²) in [7, 11) is 0. The lowest BCUT2D eigenvalue weighted by Gasteiger charge is -2.11. The van der Waals surface area contributed by atoms with Gasteiger partial charge in [-0.15, -0.1) is 0 Å². The van der Waals surface area contributed by atoms with E-state index in [4.69, 9.17) is 5.11 Å². The molecular weight excluding hydrogens is 158 g/mol. The Bertz CT molecular complexity index is 238. The molecule has 0 radical (unpaired) electrons. The largest absolute Gasteiger partial charge is 0.465 e. The van der Waals surface area contributed by atoms with Gasteiger partial charge >= 0.3 is 6.09 Å². The molecule has 2 fully saturated rings. The molecule has 0 spiro atoms. The van der Waals surface area contributed by atoms with Crippen LogP contribution in [-0.2, 0) is 4.79 Å². The van der Waals surface area contributed by atoms with Gasteiger partial charge < -0.3 is 10.0 Å². The van der Waals surface area contributed by atoms with Crippen molar-refractivity contribution in [2.24, 2.45) is 11.8 Å². The first kappa shape index (κ1) is 7.58. The third-order valence-corrected chi connectivity index (χ3v) is 2.89. The molecule has 1 aliphatic heterocycles. The molecule has 0 aromatic heterocycles. The second-order valence-corrected chi connectivity index (χ2v) is 3.56. The summed E-state index contributed by atoms with van der Waals surface area (Å²) in [6, 6.07) is 0. The van der Waals surface area contributed by atoms with Crippen LogP contribution in [0, 0.1) is 11.8 Å². The zero-order valence-corrected chi connectivity index (χ0v) is 6.69. The van der Waals surface area contributed by atoms with E-state index in [0.29, 0.717) is 25.4 Å². The van der Waals surface area contributed by atoms with Crippen LogP contribution in [0.25, 0.3) is 0 Å². The summed E-state index contributed by atoms with van der Waals surface area (Å²) in [4.78, 5) is 23.1. The normalized spacial score (nSPS) is 34.0. The third kappa shape index (κ3) is 0.983. The lowest BCUT2D eigenvalue weighted by Crippen LogP contribution is -2.28. The van der Waals surface area contributed by atoms with Crippen LogP contribution in [0.2, 0.25) is 0 Å². The Morgan fingerprint density at radius 1 is 1.50 bits per heavy atom. The van der Waals surface area contributed by atoms with Crippen LogP contribution < -0.4 is 0 Å². The van der Waals surface area contributed by atoms with Gasteiger partial charge in [-0.2, -0.15) is 0 Å². The third-order valence-electron chi connectivity index (χ3n) is 2.89. The molecule has 0 aromatic rings. The Labute approximate surface area is 70.2 Å². The quantitative estimate of drug-likeness (QED) is 0.577. The molecule has 4 heteroatoms. The molecule has 2 rings (SSSR count). The zero-order chi connectivity index (χ0) is 8.72. The number of likely N-dealkylation sites (tertiary alicyclic amines) is 1. The Kier molecular flexibility index (Phi) is 1.56. The van der Waals surface area contributed by atoms with Gasteiger partial charge in [0.05, 0.1) is 0 Å². The number of Topliss-reactive ketones (excluding diaryl/α,β-unsaturated/α-hetero) is 1. The molecule has 2 atom stereocenters. The van der Waals surface area contributed by atoms with E-state index in [0.717, 1.165) is 6.42 Å². The minimum absolute atomic E-state index is 0.0149. The predicted molar refractivity (Wildman–Crippen MR) is 40.8 cm³/mol. The van der Waals surface area contributed by atoms with E-state index < -0.39 is 6.09 Å². The molecule has 0 unspecified atom stereocenters. The molecule has 1 heterocycles. The van der Waals surface area contributed by atoms with Crippen molar-refractivity contribution in [1.82, 2.24) is 4.90 Å². The van der Waals surface area contributed by atoms with Gasteiger partial charge in [-0.3, -0.25) is 4.79 Å². The topological polar surface area (TPSA) is 57.6 Å². The first-order chi connectivity index (χ1) is 5.68. The van der Waals surface area contributed by atoms with Crippen molar-refractivity contribution < 1.29 is 14.7 Å². The van der Waals surface area contributed by atoms with Crippen LogP contribution in [0.3, 0.4) is 0 Å². The van der Waals surface area contributed by atoms with Gasteiger partial charge in [0, 0.05) is 25.4 Å². The molecule has 1 aliphatic carbocycles. The number of rotatable bonds is 0. The second-order valence-electron chi connectivity index (χ2n) is 3.56.